The molecule has 2 saturated heterocycles. The summed E-state index contributed by atoms with van der Waals surface area (Å²) < 4.78 is 14.0. The Morgan fingerprint density at radius 1 is 1.15 bits per heavy atom. The largest absolute Gasteiger partial charge is 0.338 e. The zero-order valence-corrected chi connectivity index (χ0v) is 15.1. The topological polar surface area (TPSA) is 53.5 Å². The van der Waals surface area contributed by atoms with Crippen molar-refractivity contribution in [2.45, 2.75) is 25.8 Å². The fraction of sp³-hybridized carbons (Fsp3) is 0.381. The second-order valence-electron chi connectivity index (χ2n) is 7.42. The summed E-state index contributed by atoms with van der Waals surface area (Å²) in [6.07, 6.45) is 5.49. The number of likely N-dealkylation sites (tertiary alicyclic amines) is 2. The van der Waals surface area contributed by atoms with Crippen LogP contribution in [0.4, 0.5) is 4.39 Å². The fourth-order valence-electron chi connectivity index (χ4n) is 4.23. The molecule has 1 aromatic heterocycles. The molecular formula is C21H22FN3O2. The van der Waals surface area contributed by atoms with Crippen LogP contribution in [0.3, 0.4) is 0 Å². The Morgan fingerprint density at radius 3 is 2.78 bits per heavy atom. The first-order chi connectivity index (χ1) is 13.1. The molecule has 0 saturated carbocycles. The van der Waals surface area contributed by atoms with Crippen molar-refractivity contribution < 1.29 is 14.0 Å². The smallest absolute Gasteiger partial charge is 0.255 e. The summed E-state index contributed by atoms with van der Waals surface area (Å²) >= 11 is 0. The third-order valence-corrected chi connectivity index (χ3v) is 5.69. The van der Waals surface area contributed by atoms with Gasteiger partial charge in [0.25, 0.3) is 5.91 Å². The van der Waals surface area contributed by atoms with E-state index in [0.717, 1.165) is 12.8 Å². The van der Waals surface area contributed by atoms with Gasteiger partial charge in [-0.05, 0) is 37.5 Å². The Balaban J connectivity index is 1.49. The lowest BCUT2D eigenvalue weighted by Crippen LogP contribution is -2.50. The van der Waals surface area contributed by atoms with Gasteiger partial charge in [0.1, 0.15) is 5.82 Å². The maximum absolute atomic E-state index is 14.0. The lowest BCUT2D eigenvalue weighted by molar-refractivity contribution is -0.146. The molecule has 5 nitrogen and oxygen atoms in total. The van der Waals surface area contributed by atoms with Crippen molar-refractivity contribution in [2.24, 2.45) is 5.41 Å². The maximum atomic E-state index is 14.0. The number of amides is 2. The van der Waals surface area contributed by atoms with Crippen molar-refractivity contribution >= 4 is 11.8 Å². The minimum atomic E-state index is -0.540. The van der Waals surface area contributed by atoms with Crippen LogP contribution in [0.1, 0.15) is 35.2 Å². The number of halogens is 1. The standard InChI is InChI=1S/C21H22FN3O2/c22-18-7-2-1-5-17(18)14-24-11-4-8-21(20(24)27)9-12-25(15-21)19(26)16-6-3-10-23-13-16/h1-3,5-7,10,13H,4,8-9,11-12,14-15H2/t21-/m0/s1. The number of piperidine rings is 1. The molecule has 0 N–H and O–H groups in total. The molecule has 0 aliphatic carbocycles. The highest BCUT2D eigenvalue weighted by Crippen LogP contribution is 2.41. The van der Waals surface area contributed by atoms with Crippen molar-refractivity contribution in [2.75, 3.05) is 19.6 Å². The summed E-state index contributed by atoms with van der Waals surface area (Å²) in [6.45, 7) is 1.90. The molecule has 1 aromatic carbocycles. The highest BCUT2D eigenvalue weighted by atomic mass is 19.1. The monoisotopic (exact) mass is 367 g/mol. The second kappa shape index (κ2) is 7.10. The Labute approximate surface area is 157 Å². The SMILES string of the molecule is O=C(c1cccnc1)N1CC[C@@]2(CCCN(Cc3ccccc3F)C2=O)C1. The molecule has 2 fully saturated rings. The molecule has 0 unspecified atom stereocenters. The van der Waals surface area contributed by atoms with E-state index in [9.17, 15) is 14.0 Å². The number of pyridine rings is 1. The molecule has 2 aromatic rings. The molecule has 0 radical (unpaired) electrons. The maximum Gasteiger partial charge on any atom is 0.255 e. The zero-order valence-electron chi connectivity index (χ0n) is 15.1. The van der Waals surface area contributed by atoms with E-state index in [1.807, 2.05) is 0 Å². The summed E-state index contributed by atoms with van der Waals surface area (Å²) in [7, 11) is 0. The highest BCUT2D eigenvalue weighted by Gasteiger charge is 2.49. The molecule has 4 rings (SSSR count). The number of rotatable bonds is 3. The van der Waals surface area contributed by atoms with Crippen LogP contribution in [0.2, 0.25) is 0 Å². The number of hydrogen-bond acceptors (Lipinski definition) is 3. The summed E-state index contributed by atoms with van der Waals surface area (Å²) in [5, 5.41) is 0. The highest BCUT2D eigenvalue weighted by molar-refractivity contribution is 5.95. The van der Waals surface area contributed by atoms with Gasteiger partial charge in [0.2, 0.25) is 5.91 Å². The molecule has 1 spiro atoms. The molecule has 2 aliphatic heterocycles. The minimum Gasteiger partial charge on any atom is -0.338 e. The van der Waals surface area contributed by atoms with Crippen molar-refractivity contribution in [1.29, 1.82) is 0 Å². The van der Waals surface area contributed by atoms with E-state index in [1.54, 1.807) is 52.5 Å². The first-order valence-corrected chi connectivity index (χ1v) is 9.31. The van der Waals surface area contributed by atoms with Crippen LogP contribution in [0, 0.1) is 11.2 Å². The molecule has 2 aliphatic rings. The van der Waals surface area contributed by atoms with Crippen molar-refractivity contribution in [3.8, 4) is 0 Å². The number of nitrogens with zero attached hydrogens (tertiary/aromatic N) is 3. The van der Waals surface area contributed by atoms with Gasteiger partial charge >= 0.3 is 0 Å². The average Bonchev–Trinajstić information content (AvgIpc) is 3.12. The fourth-order valence-corrected chi connectivity index (χ4v) is 4.23. The van der Waals surface area contributed by atoms with Gasteiger partial charge in [-0.25, -0.2) is 4.39 Å². The van der Waals surface area contributed by atoms with Crippen LogP contribution >= 0.6 is 0 Å². The van der Waals surface area contributed by atoms with Gasteiger partial charge in [-0.2, -0.15) is 0 Å². The zero-order chi connectivity index (χ0) is 18.9. The molecule has 140 valence electrons. The van der Waals surface area contributed by atoms with Gasteiger partial charge in [0.15, 0.2) is 0 Å². The van der Waals surface area contributed by atoms with Crippen LogP contribution in [0.15, 0.2) is 48.8 Å². The number of benzene rings is 1. The molecule has 3 heterocycles. The van der Waals surface area contributed by atoms with Crippen molar-refractivity contribution in [3.05, 3.63) is 65.7 Å². The summed E-state index contributed by atoms with van der Waals surface area (Å²) in [6, 6.07) is 10.1. The van der Waals surface area contributed by atoms with E-state index in [-0.39, 0.29) is 24.2 Å². The third-order valence-electron chi connectivity index (χ3n) is 5.69. The van der Waals surface area contributed by atoms with Crippen molar-refractivity contribution in [1.82, 2.24) is 14.8 Å². The number of aromatic nitrogens is 1. The molecule has 0 bridgehead atoms. The number of carbonyl (C=O) groups excluding carboxylic acids is 2. The third kappa shape index (κ3) is 3.31. The Morgan fingerprint density at radius 2 is 2.00 bits per heavy atom. The van der Waals surface area contributed by atoms with Crippen LogP contribution in [-0.4, -0.2) is 46.2 Å². The quantitative estimate of drug-likeness (QED) is 0.838. The Hall–Kier alpha value is -2.76. The van der Waals surface area contributed by atoms with Crippen molar-refractivity contribution in [3.63, 3.8) is 0 Å². The van der Waals surface area contributed by atoms with Gasteiger partial charge in [0.05, 0.1) is 11.0 Å². The number of hydrogen-bond donors (Lipinski definition) is 0. The summed E-state index contributed by atoms with van der Waals surface area (Å²) in [4.78, 5) is 33.4. The average molecular weight is 367 g/mol. The van der Waals surface area contributed by atoms with Crippen LogP contribution in [0.25, 0.3) is 0 Å². The lowest BCUT2D eigenvalue weighted by Gasteiger charge is -2.39. The normalized spacial score (nSPS) is 22.5. The van der Waals surface area contributed by atoms with Gasteiger partial charge < -0.3 is 9.80 Å². The Bertz CT molecular complexity index is 858. The van der Waals surface area contributed by atoms with E-state index >= 15 is 0 Å². The predicted octanol–water partition coefficient (Wildman–Crippen LogP) is 2.88. The van der Waals surface area contributed by atoms with Gasteiger partial charge in [-0.15, -0.1) is 0 Å². The van der Waals surface area contributed by atoms with E-state index in [4.69, 9.17) is 0 Å². The van der Waals surface area contributed by atoms with Crippen LogP contribution < -0.4 is 0 Å². The van der Waals surface area contributed by atoms with Gasteiger partial charge in [-0.3, -0.25) is 14.6 Å². The first-order valence-electron chi connectivity index (χ1n) is 9.31. The van der Waals surface area contributed by atoms with Gasteiger partial charge in [0, 0.05) is 44.1 Å². The molecular weight excluding hydrogens is 345 g/mol. The summed E-state index contributed by atoms with van der Waals surface area (Å²) in [5.41, 5.74) is 0.534. The lowest BCUT2D eigenvalue weighted by atomic mass is 9.78. The Kier molecular flexibility index (Phi) is 4.64. The molecule has 1 atom stereocenters. The first kappa shape index (κ1) is 17.6. The van der Waals surface area contributed by atoms with E-state index in [0.29, 0.717) is 37.2 Å². The van der Waals surface area contributed by atoms with E-state index < -0.39 is 5.41 Å². The molecule has 2 amide bonds. The van der Waals surface area contributed by atoms with E-state index in [2.05, 4.69) is 4.98 Å². The van der Waals surface area contributed by atoms with Gasteiger partial charge in [-0.1, -0.05) is 18.2 Å². The van der Waals surface area contributed by atoms with E-state index in [1.165, 1.54) is 6.07 Å². The summed E-state index contributed by atoms with van der Waals surface area (Å²) in [5.74, 6) is -0.331. The molecule has 6 heteroatoms. The van der Waals surface area contributed by atoms with Crippen LogP contribution in [-0.2, 0) is 11.3 Å². The number of carbonyl (C=O) groups is 2. The van der Waals surface area contributed by atoms with Crippen LogP contribution in [0.5, 0.6) is 0 Å². The predicted molar refractivity (Wildman–Crippen MR) is 98.2 cm³/mol. The molecule has 27 heavy (non-hydrogen) atoms. The minimum absolute atomic E-state index is 0.0403. The second-order valence-corrected chi connectivity index (χ2v) is 7.42.